The Hall–Kier alpha value is -2.55. The monoisotopic (exact) mass is 316 g/mol. The highest BCUT2D eigenvalue weighted by atomic mass is 35.5. The maximum absolute atomic E-state index is 11.7. The molecular formula is C16H13ClN2O3. The fourth-order valence-electron chi connectivity index (χ4n) is 1.76. The molecule has 2 aromatic rings. The lowest BCUT2D eigenvalue weighted by molar-refractivity contribution is -0.117. The van der Waals surface area contributed by atoms with Gasteiger partial charge in [0.25, 0.3) is 5.91 Å². The molecule has 0 saturated heterocycles. The Bertz CT molecular complexity index is 727. The second-order valence-corrected chi connectivity index (χ2v) is 4.79. The van der Waals surface area contributed by atoms with Gasteiger partial charge in [0, 0.05) is 23.2 Å². The molecular weight excluding hydrogens is 304 g/mol. The van der Waals surface area contributed by atoms with Crippen LogP contribution in [0.4, 0.5) is 0 Å². The van der Waals surface area contributed by atoms with Gasteiger partial charge in [0.2, 0.25) is 0 Å². The molecule has 1 aromatic heterocycles. The molecule has 0 aliphatic carbocycles. The topological polar surface area (TPSA) is 86.3 Å². The SMILES string of the molecule is N#C/C(=C\c1ccc(-c2ccc(Cl)cc2)o1)C(=O)NCCO. The number of nitrogens with zero attached hydrogens (tertiary/aromatic N) is 1. The van der Waals surface area contributed by atoms with E-state index in [9.17, 15) is 4.79 Å². The number of aliphatic hydroxyl groups excluding tert-OH is 1. The van der Waals surface area contributed by atoms with Crippen LogP contribution in [0.25, 0.3) is 17.4 Å². The van der Waals surface area contributed by atoms with Gasteiger partial charge in [0.15, 0.2) is 0 Å². The van der Waals surface area contributed by atoms with Crippen molar-refractivity contribution in [3.8, 4) is 17.4 Å². The Morgan fingerprint density at radius 1 is 1.32 bits per heavy atom. The predicted octanol–water partition coefficient (Wildman–Crippen LogP) is 2.62. The first kappa shape index (κ1) is 15.8. The molecule has 22 heavy (non-hydrogen) atoms. The molecule has 0 aliphatic rings. The molecule has 112 valence electrons. The zero-order chi connectivity index (χ0) is 15.9. The summed E-state index contributed by atoms with van der Waals surface area (Å²) < 4.78 is 5.60. The van der Waals surface area contributed by atoms with Crippen molar-refractivity contribution in [2.45, 2.75) is 0 Å². The largest absolute Gasteiger partial charge is 0.457 e. The van der Waals surface area contributed by atoms with Gasteiger partial charge in [-0.05, 0) is 36.4 Å². The van der Waals surface area contributed by atoms with Gasteiger partial charge in [-0.15, -0.1) is 0 Å². The number of furan rings is 1. The molecule has 0 bridgehead atoms. The van der Waals surface area contributed by atoms with Crippen LogP contribution in [0.5, 0.6) is 0 Å². The van der Waals surface area contributed by atoms with E-state index in [2.05, 4.69) is 5.32 Å². The van der Waals surface area contributed by atoms with Gasteiger partial charge in [-0.1, -0.05) is 11.6 Å². The molecule has 5 nitrogen and oxygen atoms in total. The molecule has 0 fully saturated rings. The number of nitriles is 1. The highest BCUT2D eigenvalue weighted by Crippen LogP contribution is 2.24. The van der Waals surface area contributed by atoms with Crippen molar-refractivity contribution < 1.29 is 14.3 Å². The third-order valence-corrected chi connectivity index (χ3v) is 3.06. The van der Waals surface area contributed by atoms with E-state index >= 15 is 0 Å². The van der Waals surface area contributed by atoms with Crippen molar-refractivity contribution in [1.82, 2.24) is 5.32 Å². The van der Waals surface area contributed by atoms with Gasteiger partial charge < -0.3 is 14.8 Å². The Balaban J connectivity index is 2.20. The Kier molecular flexibility index (Phi) is 5.37. The van der Waals surface area contributed by atoms with Gasteiger partial charge >= 0.3 is 0 Å². The van der Waals surface area contributed by atoms with E-state index in [4.69, 9.17) is 26.4 Å². The van der Waals surface area contributed by atoms with Gasteiger partial charge in [-0.2, -0.15) is 5.26 Å². The first-order chi connectivity index (χ1) is 10.6. The number of hydrogen-bond donors (Lipinski definition) is 2. The van der Waals surface area contributed by atoms with Gasteiger partial charge in [-0.25, -0.2) is 0 Å². The summed E-state index contributed by atoms with van der Waals surface area (Å²) in [5.41, 5.74) is 0.748. The Morgan fingerprint density at radius 3 is 2.68 bits per heavy atom. The number of carbonyl (C=O) groups excluding carboxylic acids is 1. The second kappa shape index (κ2) is 7.46. The number of hydrogen-bond acceptors (Lipinski definition) is 4. The maximum atomic E-state index is 11.7. The summed E-state index contributed by atoms with van der Waals surface area (Å²) in [6, 6.07) is 12.3. The zero-order valence-corrected chi connectivity index (χ0v) is 12.3. The van der Waals surface area contributed by atoms with Crippen LogP contribution in [0, 0.1) is 11.3 Å². The van der Waals surface area contributed by atoms with Crippen molar-refractivity contribution in [3.05, 3.63) is 52.8 Å². The summed E-state index contributed by atoms with van der Waals surface area (Å²) in [5.74, 6) is 0.442. The fourth-order valence-corrected chi connectivity index (χ4v) is 1.88. The highest BCUT2D eigenvalue weighted by molar-refractivity contribution is 6.30. The van der Waals surface area contributed by atoms with Gasteiger partial charge in [0.1, 0.15) is 23.2 Å². The number of amides is 1. The predicted molar refractivity (Wildman–Crippen MR) is 82.8 cm³/mol. The summed E-state index contributed by atoms with van der Waals surface area (Å²) in [7, 11) is 0. The summed E-state index contributed by atoms with van der Waals surface area (Å²) in [6.07, 6.45) is 1.35. The molecule has 1 heterocycles. The van der Waals surface area contributed by atoms with Crippen LogP contribution in [0.2, 0.25) is 5.02 Å². The van der Waals surface area contributed by atoms with Crippen LogP contribution in [-0.2, 0) is 4.79 Å². The smallest absolute Gasteiger partial charge is 0.262 e. The highest BCUT2D eigenvalue weighted by Gasteiger charge is 2.10. The molecule has 0 saturated carbocycles. The summed E-state index contributed by atoms with van der Waals surface area (Å²) in [4.78, 5) is 11.7. The molecule has 0 spiro atoms. The Labute approximate surface area is 132 Å². The molecule has 2 rings (SSSR count). The summed E-state index contributed by atoms with van der Waals surface area (Å²) in [5, 5.41) is 20.7. The summed E-state index contributed by atoms with van der Waals surface area (Å²) in [6.45, 7) is -0.0993. The number of aliphatic hydroxyl groups is 1. The van der Waals surface area contributed by atoms with Crippen LogP contribution in [-0.4, -0.2) is 24.2 Å². The average molecular weight is 317 g/mol. The van der Waals surface area contributed by atoms with Crippen LogP contribution in [0.1, 0.15) is 5.76 Å². The standard InChI is InChI=1S/C16H13ClN2O3/c17-13-3-1-11(2-4-13)15-6-5-14(22-15)9-12(10-18)16(21)19-7-8-20/h1-6,9,20H,7-8H2,(H,19,21)/b12-9+. The number of carbonyl (C=O) groups is 1. The number of rotatable bonds is 5. The van der Waals surface area contributed by atoms with Crippen molar-refractivity contribution >= 4 is 23.6 Å². The van der Waals surface area contributed by atoms with Crippen molar-refractivity contribution in [2.75, 3.05) is 13.2 Å². The average Bonchev–Trinajstić information content (AvgIpc) is 2.99. The van der Waals surface area contributed by atoms with Crippen LogP contribution >= 0.6 is 11.6 Å². The quantitative estimate of drug-likeness (QED) is 0.656. The zero-order valence-electron chi connectivity index (χ0n) is 11.5. The first-order valence-corrected chi connectivity index (χ1v) is 6.88. The first-order valence-electron chi connectivity index (χ1n) is 6.50. The number of benzene rings is 1. The van der Waals surface area contributed by atoms with Crippen LogP contribution in [0.3, 0.4) is 0 Å². The van der Waals surface area contributed by atoms with Crippen LogP contribution < -0.4 is 5.32 Å². The van der Waals surface area contributed by atoms with E-state index in [-0.39, 0.29) is 18.7 Å². The van der Waals surface area contributed by atoms with Gasteiger partial charge in [-0.3, -0.25) is 4.79 Å². The van der Waals surface area contributed by atoms with E-state index in [1.807, 2.05) is 12.1 Å². The minimum atomic E-state index is -0.555. The second-order valence-electron chi connectivity index (χ2n) is 4.36. The molecule has 0 atom stereocenters. The minimum absolute atomic E-state index is 0.0893. The van der Waals surface area contributed by atoms with E-state index in [0.717, 1.165) is 5.56 Å². The maximum Gasteiger partial charge on any atom is 0.262 e. The molecule has 1 amide bonds. The molecule has 1 aromatic carbocycles. The molecule has 6 heteroatoms. The third kappa shape index (κ3) is 3.98. The lowest BCUT2D eigenvalue weighted by atomic mass is 10.2. The lowest BCUT2D eigenvalue weighted by Gasteiger charge is -2.00. The normalized spacial score (nSPS) is 11.0. The fraction of sp³-hybridized carbons (Fsp3) is 0.125. The third-order valence-electron chi connectivity index (χ3n) is 2.80. The van der Waals surface area contributed by atoms with Gasteiger partial charge in [0.05, 0.1) is 6.61 Å². The van der Waals surface area contributed by atoms with Crippen LogP contribution in [0.15, 0.2) is 46.4 Å². The van der Waals surface area contributed by atoms with Crippen molar-refractivity contribution in [1.29, 1.82) is 5.26 Å². The minimum Gasteiger partial charge on any atom is -0.457 e. The van der Waals surface area contributed by atoms with E-state index in [1.165, 1.54) is 6.08 Å². The molecule has 0 unspecified atom stereocenters. The van der Waals surface area contributed by atoms with E-state index in [0.29, 0.717) is 16.5 Å². The molecule has 0 aliphatic heterocycles. The molecule has 2 N–H and O–H groups in total. The van der Waals surface area contributed by atoms with Crippen molar-refractivity contribution in [3.63, 3.8) is 0 Å². The molecule has 0 radical (unpaired) electrons. The van der Waals surface area contributed by atoms with Crippen molar-refractivity contribution in [2.24, 2.45) is 0 Å². The lowest BCUT2D eigenvalue weighted by Crippen LogP contribution is -2.27. The number of halogens is 1. The Morgan fingerprint density at radius 2 is 2.05 bits per heavy atom. The van der Waals surface area contributed by atoms with E-state index in [1.54, 1.807) is 30.3 Å². The summed E-state index contributed by atoms with van der Waals surface area (Å²) >= 11 is 5.83. The number of nitrogens with one attached hydrogen (secondary N) is 1. The van der Waals surface area contributed by atoms with E-state index < -0.39 is 5.91 Å².